The Balaban J connectivity index is 1.25. The molecular weight excluding hydrogens is 614 g/mol. The van der Waals surface area contributed by atoms with Gasteiger partial charge in [0, 0.05) is 43.9 Å². The Morgan fingerprint density at radius 1 is 1.11 bits per heavy atom. The molecular formula is C35H37F4N5O3. The van der Waals surface area contributed by atoms with Gasteiger partial charge >= 0.3 is 6.01 Å². The zero-order chi connectivity index (χ0) is 32.7. The van der Waals surface area contributed by atoms with Crippen molar-refractivity contribution in [3.63, 3.8) is 0 Å². The minimum absolute atomic E-state index is 0.00648. The molecule has 1 unspecified atom stereocenters. The number of halogens is 4. The minimum atomic E-state index is -2.66. The number of fused-ring (bicyclic) bond motifs is 3. The number of aryl methyl sites for hydroxylation is 1. The van der Waals surface area contributed by atoms with E-state index in [0.29, 0.717) is 66.7 Å². The second kappa shape index (κ2) is 10.9. The third-order valence-corrected chi connectivity index (χ3v) is 10.9. The molecule has 8 nitrogen and oxygen atoms in total. The van der Waals surface area contributed by atoms with E-state index >= 15 is 4.39 Å². The number of aromatic nitrogens is 3. The highest BCUT2D eigenvalue weighted by molar-refractivity contribution is 6.01. The molecule has 0 radical (unpaired) electrons. The molecule has 1 spiro atoms. The number of benzene rings is 2. The van der Waals surface area contributed by atoms with Crippen molar-refractivity contribution in [2.45, 2.75) is 69.9 Å². The largest absolute Gasteiger partial charge is 0.508 e. The van der Waals surface area contributed by atoms with Crippen LogP contribution < -0.4 is 9.64 Å². The molecule has 1 saturated carbocycles. The van der Waals surface area contributed by atoms with Crippen LogP contribution >= 0.6 is 0 Å². The summed E-state index contributed by atoms with van der Waals surface area (Å²) in [4.78, 5) is 18.1. The van der Waals surface area contributed by atoms with E-state index in [1.807, 2.05) is 18.7 Å². The summed E-state index contributed by atoms with van der Waals surface area (Å²) in [6.07, 6.45) is 4.46. The predicted molar refractivity (Wildman–Crippen MR) is 169 cm³/mol. The van der Waals surface area contributed by atoms with E-state index in [0.717, 1.165) is 25.8 Å². The highest BCUT2D eigenvalue weighted by Crippen LogP contribution is 2.69. The van der Waals surface area contributed by atoms with Crippen LogP contribution in [-0.4, -0.2) is 81.9 Å². The van der Waals surface area contributed by atoms with E-state index in [2.05, 4.69) is 14.9 Å². The van der Waals surface area contributed by atoms with E-state index in [9.17, 15) is 18.3 Å². The number of aromatic hydroxyl groups is 1. The molecule has 12 heteroatoms. The average Bonchev–Trinajstić information content (AvgIpc) is 3.26. The maximum absolute atomic E-state index is 16.9. The molecule has 8 rings (SSSR count). The van der Waals surface area contributed by atoms with Crippen LogP contribution in [0.25, 0.3) is 32.9 Å². The summed E-state index contributed by atoms with van der Waals surface area (Å²) in [5, 5.41) is 12.0. The molecule has 1 aliphatic carbocycles. The van der Waals surface area contributed by atoms with Crippen molar-refractivity contribution >= 4 is 27.5 Å². The van der Waals surface area contributed by atoms with Crippen LogP contribution in [0.5, 0.6) is 11.8 Å². The molecule has 0 amide bonds. The van der Waals surface area contributed by atoms with Gasteiger partial charge in [-0.2, -0.15) is 9.97 Å². The van der Waals surface area contributed by atoms with Gasteiger partial charge in [0.05, 0.1) is 22.9 Å². The Morgan fingerprint density at radius 3 is 2.72 bits per heavy atom. The number of ether oxygens (including phenoxy) is 2. The number of alkyl halides is 2. The van der Waals surface area contributed by atoms with Crippen molar-refractivity contribution in [3.8, 4) is 23.0 Å². The molecule has 2 aromatic heterocycles. The first-order valence-corrected chi connectivity index (χ1v) is 16.5. The van der Waals surface area contributed by atoms with Crippen molar-refractivity contribution in [1.29, 1.82) is 0 Å². The lowest BCUT2D eigenvalue weighted by Gasteiger charge is -2.32. The standard InChI is InChI=1S/C35H37F4N5O3/c1-3-23-26(36)6-5-21-13-22(45)14-24(27(21)23)29-28(37)30-25(15-40-29)31(44-10-12-46-11-7-20(44)2)42-32(41-30)47-19-34-8-4-9-43(34)18-33(16-34)17-35(33,38)39/h5-6,13-15,20,45H,3-4,7-12,16-19H2,1-2H3/t20?,33-,34-/m0/s1. The lowest BCUT2D eigenvalue weighted by atomic mass is 9.89. The van der Waals surface area contributed by atoms with Crippen molar-refractivity contribution in [1.82, 2.24) is 19.9 Å². The number of rotatable bonds is 6. The number of anilines is 1. The van der Waals surface area contributed by atoms with Crippen LogP contribution in [0.1, 0.15) is 51.5 Å². The number of nitrogens with zero attached hydrogens (tertiary/aromatic N) is 5. The Kier molecular flexibility index (Phi) is 7.07. The number of pyridine rings is 1. The second-order valence-electron chi connectivity index (χ2n) is 13.8. The van der Waals surface area contributed by atoms with Crippen LogP contribution in [0.4, 0.5) is 23.4 Å². The summed E-state index contributed by atoms with van der Waals surface area (Å²) < 4.78 is 72.8. The lowest BCUT2D eigenvalue weighted by Crippen LogP contribution is -2.43. The average molecular weight is 652 g/mol. The van der Waals surface area contributed by atoms with E-state index < -0.39 is 28.5 Å². The number of hydrogen-bond acceptors (Lipinski definition) is 8. The molecule has 2 aromatic carbocycles. The molecule has 0 bridgehead atoms. The van der Waals surface area contributed by atoms with Crippen LogP contribution in [0, 0.1) is 17.0 Å². The van der Waals surface area contributed by atoms with E-state index in [4.69, 9.17) is 14.5 Å². The zero-order valence-corrected chi connectivity index (χ0v) is 26.5. The molecule has 3 aliphatic heterocycles. The predicted octanol–water partition coefficient (Wildman–Crippen LogP) is 6.65. The zero-order valence-electron chi connectivity index (χ0n) is 26.5. The SMILES string of the molecule is CCc1c(F)ccc2cc(O)cc(-c3ncc4c(N5CCOCCC5C)nc(OC[C@@]56CCCN5C[C@@]5(CC5(F)F)C6)nc4c3F)c12. The van der Waals surface area contributed by atoms with Crippen LogP contribution in [0.2, 0.25) is 0 Å². The van der Waals surface area contributed by atoms with Gasteiger partial charge in [-0.1, -0.05) is 13.0 Å². The smallest absolute Gasteiger partial charge is 0.319 e. The van der Waals surface area contributed by atoms with Crippen molar-refractivity contribution < 1.29 is 32.1 Å². The third-order valence-electron chi connectivity index (χ3n) is 10.9. The summed E-state index contributed by atoms with van der Waals surface area (Å²) in [7, 11) is 0. The van der Waals surface area contributed by atoms with Gasteiger partial charge in [-0.25, -0.2) is 17.6 Å². The normalized spacial score (nSPS) is 27.1. The van der Waals surface area contributed by atoms with Crippen molar-refractivity contribution in [3.05, 3.63) is 47.7 Å². The maximum atomic E-state index is 16.9. The molecule has 3 saturated heterocycles. The van der Waals surface area contributed by atoms with Crippen molar-refractivity contribution in [2.75, 3.05) is 44.4 Å². The van der Waals surface area contributed by atoms with Gasteiger partial charge in [-0.3, -0.25) is 9.88 Å². The quantitative estimate of drug-likeness (QED) is 0.232. The Hall–Kier alpha value is -3.77. The fourth-order valence-corrected chi connectivity index (χ4v) is 8.38. The first-order chi connectivity index (χ1) is 22.5. The molecule has 1 N–H and O–H groups in total. The highest BCUT2D eigenvalue weighted by atomic mass is 19.3. The van der Waals surface area contributed by atoms with E-state index in [1.54, 1.807) is 6.07 Å². The van der Waals surface area contributed by atoms with E-state index in [1.165, 1.54) is 24.4 Å². The maximum Gasteiger partial charge on any atom is 0.319 e. The first-order valence-electron chi connectivity index (χ1n) is 16.5. The van der Waals surface area contributed by atoms with Gasteiger partial charge in [0.2, 0.25) is 0 Å². The van der Waals surface area contributed by atoms with Gasteiger partial charge < -0.3 is 19.5 Å². The van der Waals surface area contributed by atoms with Crippen LogP contribution in [0.3, 0.4) is 0 Å². The second-order valence-corrected chi connectivity index (χ2v) is 13.8. The lowest BCUT2D eigenvalue weighted by molar-refractivity contribution is 0.0647. The molecule has 3 atom stereocenters. The monoisotopic (exact) mass is 651 g/mol. The molecule has 248 valence electrons. The van der Waals surface area contributed by atoms with Gasteiger partial charge in [0.15, 0.2) is 5.82 Å². The van der Waals surface area contributed by atoms with Crippen molar-refractivity contribution in [2.24, 2.45) is 5.41 Å². The Bertz CT molecular complexity index is 1910. The molecule has 5 heterocycles. The number of phenols is 1. The molecule has 4 fully saturated rings. The Labute approximate surface area is 269 Å². The Morgan fingerprint density at radius 2 is 1.94 bits per heavy atom. The molecule has 47 heavy (non-hydrogen) atoms. The highest BCUT2D eigenvalue weighted by Gasteiger charge is 2.77. The van der Waals surface area contributed by atoms with Crippen LogP contribution in [-0.2, 0) is 11.2 Å². The minimum Gasteiger partial charge on any atom is -0.508 e. The van der Waals surface area contributed by atoms with E-state index in [-0.39, 0.29) is 47.6 Å². The third kappa shape index (κ3) is 4.81. The topological polar surface area (TPSA) is 83.8 Å². The van der Waals surface area contributed by atoms with Gasteiger partial charge in [-0.15, -0.1) is 0 Å². The fraction of sp³-hybridized carbons (Fsp3) is 0.514. The van der Waals surface area contributed by atoms with Gasteiger partial charge in [0.1, 0.15) is 35.2 Å². The molecule has 4 aromatic rings. The summed E-state index contributed by atoms with van der Waals surface area (Å²) in [6.45, 7) is 6.59. The van der Waals surface area contributed by atoms with Crippen LogP contribution in [0.15, 0.2) is 30.5 Å². The fourth-order valence-electron chi connectivity index (χ4n) is 8.38. The van der Waals surface area contributed by atoms with Gasteiger partial charge in [0.25, 0.3) is 5.92 Å². The summed E-state index contributed by atoms with van der Waals surface area (Å²) in [5.41, 5.74) is -1.03. The molecule has 4 aliphatic rings. The summed E-state index contributed by atoms with van der Waals surface area (Å²) in [6, 6.07) is 5.76. The van der Waals surface area contributed by atoms with Gasteiger partial charge in [-0.05, 0) is 80.1 Å². The summed E-state index contributed by atoms with van der Waals surface area (Å²) >= 11 is 0. The summed E-state index contributed by atoms with van der Waals surface area (Å²) in [5.74, 6) is -3.51. The first kappa shape index (κ1) is 30.6. The number of hydrogen-bond donors (Lipinski definition) is 1. The number of phenolic OH excluding ortho intramolecular Hbond substituents is 1.